The maximum Gasteiger partial charge on any atom is 0.250 e. The third-order valence-corrected chi connectivity index (χ3v) is 6.60. The SMILES string of the molecule is Cc1ccc(-c2csc3nc(NC(=O)CC(c4ccccc4)c4ccccc4)nn23)c(C)c1. The highest BCUT2D eigenvalue weighted by molar-refractivity contribution is 7.15. The standard InChI is InChI=1S/C27H24N4OS/c1-18-13-14-22(19(2)15-18)24-17-33-27-29-26(30-31(24)27)28-25(32)16-23(20-9-5-3-6-10-20)21-11-7-4-8-12-21/h3-15,17,23H,16H2,1-2H3,(H,28,30,32). The largest absolute Gasteiger partial charge is 0.293 e. The minimum Gasteiger partial charge on any atom is -0.293 e. The summed E-state index contributed by atoms with van der Waals surface area (Å²) in [7, 11) is 0. The highest BCUT2D eigenvalue weighted by Gasteiger charge is 2.20. The molecule has 5 nitrogen and oxygen atoms in total. The van der Waals surface area contributed by atoms with Crippen LogP contribution >= 0.6 is 11.3 Å². The van der Waals surface area contributed by atoms with Crippen molar-refractivity contribution in [2.75, 3.05) is 5.32 Å². The number of fused-ring (bicyclic) bond motifs is 1. The van der Waals surface area contributed by atoms with Crippen molar-refractivity contribution in [3.8, 4) is 11.3 Å². The van der Waals surface area contributed by atoms with Crippen molar-refractivity contribution in [2.24, 2.45) is 0 Å². The number of aryl methyl sites for hydroxylation is 2. The number of amides is 1. The predicted molar refractivity (Wildman–Crippen MR) is 134 cm³/mol. The Morgan fingerprint density at radius 2 is 1.64 bits per heavy atom. The molecule has 5 aromatic rings. The lowest BCUT2D eigenvalue weighted by molar-refractivity contribution is -0.116. The fourth-order valence-corrected chi connectivity index (χ4v) is 5.00. The van der Waals surface area contributed by atoms with Crippen molar-refractivity contribution in [1.82, 2.24) is 14.6 Å². The van der Waals surface area contributed by atoms with E-state index in [4.69, 9.17) is 0 Å². The molecule has 0 spiro atoms. The van der Waals surface area contributed by atoms with Crippen molar-refractivity contribution in [3.63, 3.8) is 0 Å². The summed E-state index contributed by atoms with van der Waals surface area (Å²) >= 11 is 1.52. The third kappa shape index (κ3) is 4.43. The number of nitrogens with one attached hydrogen (secondary N) is 1. The van der Waals surface area contributed by atoms with Crippen molar-refractivity contribution in [3.05, 3.63) is 106 Å². The Balaban J connectivity index is 1.39. The summed E-state index contributed by atoms with van der Waals surface area (Å²) in [4.78, 5) is 18.3. The Kier molecular flexibility index (Phi) is 5.75. The van der Waals surface area contributed by atoms with Gasteiger partial charge in [0.1, 0.15) is 0 Å². The molecule has 0 aliphatic rings. The number of carbonyl (C=O) groups excluding carboxylic acids is 1. The predicted octanol–water partition coefficient (Wildman–Crippen LogP) is 6.24. The molecule has 0 saturated heterocycles. The first-order valence-corrected chi connectivity index (χ1v) is 11.8. The van der Waals surface area contributed by atoms with Gasteiger partial charge in [-0.15, -0.1) is 16.4 Å². The zero-order valence-electron chi connectivity index (χ0n) is 18.5. The molecule has 1 amide bonds. The molecule has 2 aromatic heterocycles. The molecule has 6 heteroatoms. The average Bonchev–Trinajstić information content (AvgIpc) is 3.39. The molecule has 0 bridgehead atoms. The number of anilines is 1. The van der Waals surface area contributed by atoms with Crippen LogP contribution in [0.25, 0.3) is 16.2 Å². The van der Waals surface area contributed by atoms with Crippen LogP contribution in [0, 0.1) is 13.8 Å². The first kappa shape index (κ1) is 21.1. The molecule has 164 valence electrons. The molecule has 0 unspecified atom stereocenters. The van der Waals surface area contributed by atoms with E-state index in [1.807, 2.05) is 40.9 Å². The lowest BCUT2D eigenvalue weighted by atomic mass is 9.88. The normalized spacial score (nSPS) is 11.2. The molecule has 0 radical (unpaired) electrons. The Morgan fingerprint density at radius 3 is 2.27 bits per heavy atom. The minimum absolute atomic E-state index is 0.0399. The molecule has 5 rings (SSSR count). The van der Waals surface area contributed by atoms with Crippen LogP contribution in [0.5, 0.6) is 0 Å². The smallest absolute Gasteiger partial charge is 0.250 e. The van der Waals surface area contributed by atoms with Crippen LogP contribution in [0.2, 0.25) is 0 Å². The van der Waals surface area contributed by atoms with Crippen LogP contribution in [0.4, 0.5) is 5.95 Å². The summed E-state index contributed by atoms with van der Waals surface area (Å²) in [6.45, 7) is 4.18. The van der Waals surface area contributed by atoms with E-state index in [1.165, 1.54) is 22.5 Å². The van der Waals surface area contributed by atoms with Gasteiger partial charge in [0.25, 0.3) is 0 Å². The Morgan fingerprint density at radius 1 is 0.970 bits per heavy atom. The minimum atomic E-state index is -0.112. The highest BCUT2D eigenvalue weighted by Crippen LogP contribution is 2.30. The number of aromatic nitrogens is 3. The van der Waals surface area contributed by atoms with E-state index >= 15 is 0 Å². The Hall–Kier alpha value is -3.77. The van der Waals surface area contributed by atoms with Crippen molar-refractivity contribution in [1.29, 1.82) is 0 Å². The monoisotopic (exact) mass is 452 g/mol. The number of rotatable bonds is 6. The molecule has 0 fully saturated rings. The molecule has 1 N–H and O–H groups in total. The summed E-state index contributed by atoms with van der Waals surface area (Å²) in [5.74, 6) is 0.179. The Bertz CT molecular complexity index is 1370. The van der Waals surface area contributed by atoms with Crippen LogP contribution in [0.15, 0.2) is 84.2 Å². The van der Waals surface area contributed by atoms with Gasteiger partial charge in [0, 0.05) is 23.3 Å². The summed E-state index contributed by atoms with van der Waals surface area (Å²) in [6, 6.07) is 26.6. The molecular formula is C27H24N4OS. The zero-order valence-corrected chi connectivity index (χ0v) is 19.3. The van der Waals surface area contributed by atoms with E-state index in [0.717, 1.165) is 27.3 Å². The first-order chi connectivity index (χ1) is 16.1. The molecule has 0 aliphatic carbocycles. The van der Waals surface area contributed by atoms with Crippen LogP contribution in [-0.4, -0.2) is 20.5 Å². The van der Waals surface area contributed by atoms with E-state index < -0.39 is 0 Å². The number of carbonyl (C=O) groups is 1. The van der Waals surface area contributed by atoms with Crippen LogP contribution in [0.1, 0.15) is 34.6 Å². The van der Waals surface area contributed by atoms with E-state index in [0.29, 0.717) is 12.4 Å². The number of hydrogen-bond acceptors (Lipinski definition) is 4. The van der Waals surface area contributed by atoms with Gasteiger partial charge in [0.2, 0.25) is 16.8 Å². The molecule has 2 heterocycles. The quantitative estimate of drug-likeness (QED) is 0.332. The van der Waals surface area contributed by atoms with Crippen LogP contribution < -0.4 is 5.32 Å². The second-order valence-electron chi connectivity index (χ2n) is 8.20. The van der Waals surface area contributed by atoms with Gasteiger partial charge < -0.3 is 0 Å². The number of hydrogen-bond donors (Lipinski definition) is 1. The van der Waals surface area contributed by atoms with E-state index in [-0.39, 0.29) is 11.8 Å². The second kappa shape index (κ2) is 9.00. The van der Waals surface area contributed by atoms with Gasteiger partial charge in [-0.2, -0.15) is 4.98 Å². The van der Waals surface area contributed by atoms with Crippen LogP contribution in [-0.2, 0) is 4.79 Å². The topological polar surface area (TPSA) is 59.3 Å². The van der Waals surface area contributed by atoms with Gasteiger partial charge in [-0.05, 0) is 30.5 Å². The molecule has 0 aliphatic heterocycles. The lowest BCUT2D eigenvalue weighted by Gasteiger charge is -2.17. The highest BCUT2D eigenvalue weighted by atomic mass is 32.1. The van der Waals surface area contributed by atoms with Gasteiger partial charge in [-0.1, -0.05) is 84.4 Å². The summed E-state index contributed by atoms with van der Waals surface area (Å²) in [6.07, 6.45) is 0.310. The van der Waals surface area contributed by atoms with Gasteiger partial charge in [-0.3, -0.25) is 10.1 Å². The zero-order chi connectivity index (χ0) is 22.8. The molecule has 3 aromatic carbocycles. The molecular weight excluding hydrogens is 428 g/mol. The summed E-state index contributed by atoms with van der Waals surface area (Å²) in [5, 5.41) is 9.56. The van der Waals surface area contributed by atoms with Crippen molar-refractivity contribution < 1.29 is 4.79 Å². The first-order valence-electron chi connectivity index (χ1n) is 10.9. The van der Waals surface area contributed by atoms with Gasteiger partial charge in [0.05, 0.1) is 5.69 Å². The van der Waals surface area contributed by atoms with Gasteiger partial charge in [-0.25, -0.2) is 4.52 Å². The van der Waals surface area contributed by atoms with E-state index in [9.17, 15) is 4.79 Å². The van der Waals surface area contributed by atoms with Gasteiger partial charge in [0.15, 0.2) is 0 Å². The van der Waals surface area contributed by atoms with E-state index in [1.54, 1.807) is 0 Å². The average molecular weight is 453 g/mol. The lowest BCUT2D eigenvalue weighted by Crippen LogP contribution is -2.17. The summed E-state index contributed by atoms with van der Waals surface area (Å²) in [5.41, 5.74) is 6.71. The second-order valence-corrected chi connectivity index (χ2v) is 9.03. The number of nitrogens with zero attached hydrogens (tertiary/aromatic N) is 3. The maximum atomic E-state index is 13.0. The van der Waals surface area contributed by atoms with E-state index in [2.05, 4.69) is 77.1 Å². The Labute approximate surface area is 196 Å². The molecule has 33 heavy (non-hydrogen) atoms. The molecule has 0 saturated carbocycles. The summed E-state index contributed by atoms with van der Waals surface area (Å²) < 4.78 is 1.81. The fourth-order valence-electron chi connectivity index (χ4n) is 4.18. The van der Waals surface area contributed by atoms with Crippen molar-refractivity contribution >= 4 is 28.2 Å². The maximum absolute atomic E-state index is 13.0. The van der Waals surface area contributed by atoms with Crippen LogP contribution in [0.3, 0.4) is 0 Å². The molecule has 0 atom stereocenters. The number of thiazole rings is 1. The fraction of sp³-hybridized carbons (Fsp3) is 0.148. The van der Waals surface area contributed by atoms with Gasteiger partial charge >= 0.3 is 0 Å². The van der Waals surface area contributed by atoms with Crippen molar-refractivity contribution in [2.45, 2.75) is 26.2 Å². The number of benzene rings is 3. The third-order valence-electron chi connectivity index (χ3n) is 5.78.